The SMILES string of the molecule is CC1(C)c2ccccc2-c2ccc(N(c3ccc(-c4cc5c6c(c4)c4cc(N(c7ccccc7)c7ccccc7)cc7c4n6-c4c(cccc4C7(C)C)C5(C)C)cc3)c3ccc4c(c3)C(C)(C)c3ccccc3-4)cc21. The van der Waals surface area contributed by atoms with Crippen LogP contribution < -0.4 is 9.80 Å². The Morgan fingerprint density at radius 2 is 0.653 bits per heavy atom. The van der Waals surface area contributed by atoms with Crippen molar-refractivity contribution in [1.82, 2.24) is 4.57 Å². The second-order valence-corrected chi connectivity index (χ2v) is 23.8. The first-order valence-electron chi connectivity index (χ1n) is 26.8. The van der Waals surface area contributed by atoms with E-state index in [0.29, 0.717) is 0 Å². The number of aromatic nitrogens is 1. The minimum absolute atomic E-state index is 0.130. The van der Waals surface area contributed by atoms with Crippen LogP contribution in [-0.4, -0.2) is 4.57 Å². The smallest absolute Gasteiger partial charge is 0.0583 e. The summed E-state index contributed by atoms with van der Waals surface area (Å²) in [5, 5.41) is 2.58. The molecule has 4 aliphatic rings. The highest BCUT2D eigenvalue weighted by Crippen LogP contribution is 2.58. The number of anilines is 6. The second kappa shape index (κ2) is 15.1. The number of hydrogen-bond acceptors (Lipinski definition) is 2. The summed E-state index contributed by atoms with van der Waals surface area (Å²) in [5.74, 6) is 0. The zero-order chi connectivity index (χ0) is 50.9. The van der Waals surface area contributed by atoms with Gasteiger partial charge in [-0.15, -0.1) is 0 Å². The molecule has 0 fully saturated rings. The lowest BCUT2D eigenvalue weighted by atomic mass is 9.68. The molecule has 3 nitrogen and oxygen atoms in total. The molecule has 0 radical (unpaired) electrons. The molecule has 10 aromatic carbocycles. The molecule has 3 heterocycles. The molecule has 75 heavy (non-hydrogen) atoms. The van der Waals surface area contributed by atoms with Crippen molar-refractivity contribution in [3.8, 4) is 39.1 Å². The predicted octanol–water partition coefficient (Wildman–Crippen LogP) is 19.3. The van der Waals surface area contributed by atoms with Gasteiger partial charge in [0.15, 0.2) is 0 Å². The monoisotopic (exact) mass is 965 g/mol. The first-order chi connectivity index (χ1) is 36.2. The minimum Gasteiger partial charge on any atom is -0.310 e. The van der Waals surface area contributed by atoms with Crippen molar-refractivity contribution in [2.24, 2.45) is 0 Å². The highest BCUT2D eigenvalue weighted by Gasteiger charge is 2.44. The molecule has 2 aliphatic heterocycles. The molecular formula is C72H59N3. The molecule has 2 aliphatic carbocycles. The molecular weight excluding hydrogens is 907 g/mol. The first-order valence-corrected chi connectivity index (χ1v) is 26.8. The Labute approximate surface area is 441 Å². The van der Waals surface area contributed by atoms with Crippen LogP contribution in [0.2, 0.25) is 0 Å². The summed E-state index contributed by atoms with van der Waals surface area (Å²) in [6, 6.07) is 80.4. The van der Waals surface area contributed by atoms with Gasteiger partial charge in [-0.1, -0.05) is 183 Å². The highest BCUT2D eigenvalue weighted by molar-refractivity contribution is 6.16. The highest BCUT2D eigenvalue weighted by atomic mass is 15.2. The van der Waals surface area contributed by atoms with E-state index >= 15 is 0 Å². The van der Waals surface area contributed by atoms with Crippen molar-refractivity contribution in [1.29, 1.82) is 0 Å². The first kappa shape index (κ1) is 44.1. The van der Waals surface area contributed by atoms with Gasteiger partial charge in [-0.05, 0) is 163 Å². The fourth-order valence-electron chi connectivity index (χ4n) is 14.3. The average molecular weight is 966 g/mol. The molecule has 0 bridgehead atoms. The largest absolute Gasteiger partial charge is 0.310 e. The third-order valence-electron chi connectivity index (χ3n) is 18.3. The van der Waals surface area contributed by atoms with Gasteiger partial charge >= 0.3 is 0 Å². The topological polar surface area (TPSA) is 11.4 Å². The molecule has 15 rings (SSSR count). The van der Waals surface area contributed by atoms with Gasteiger partial charge in [-0.2, -0.15) is 0 Å². The normalized spacial score (nSPS) is 15.9. The van der Waals surface area contributed by atoms with Gasteiger partial charge in [0.25, 0.3) is 0 Å². The van der Waals surface area contributed by atoms with Crippen molar-refractivity contribution < 1.29 is 0 Å². The van der Waals surface area contributed by atoms with Crippen LogP contribution in [0, 0.1) is 0 Å². The van der Waals surface area contributed by atoms with Crippen molar-refractivity contribution in [3.63, 3.8) is 0 Å². The minimum atomic E-state index is -0.252. The quantitative estimate of drug-likeness (QED) is 0.158. The van der Waals surface area contributed by atoms with Gasteiger partial charge in [-0.25, -0.2) is 0 Å². The summed E-state index contributed by atoms with van der Waals surface area (Å²) in [7, 11) is 0. The van der Waals surface area contributed by atoms with E-state index < -0.39 is 0 Å². The number of nitrogens with zero attached hydrogens (tertiary/aromatic N) is 3. The third-order valence-corrected chi connectivity index (χ3v) is 18.3. The fourth-order valence-corrected chi connectivity index (χ4v) is 14.3. The van der Waals surface area contributed by atoms with Gasteiger partial charge < -0.3 is 14.4 Å². The maximum Gasteiger partial charge on any atom is 0.0583 e. The van der Waals surface area contributed by atoms with E-state index in [0.717, 1.165) is 34.1 Å². The van der Waals surface area contributed by atoms with E-state index in [1.807, 2.05) is 0 Å². The Bertz CT molecular complexity index is 4080. The lowest BCUT2D eigenvalue weighted by Crippen LogP contribution is -2.33. The van der Waals surface area contributed by atoms with Crippen LogP contribution in [0.3, 0.4) is 0 Å². The van der Waals surface area contributed by atoms with Crippen LogP contribution in [0.1, 0.15) is 99.9 Å². The zero-order valence-electron chi connectivity index (χ0n) is 44.0. The zero-order valence-corrected chi connectivity index (χ0v) is 44.0. The van der Waals surface area contributed by atoms with E-state index in [2.05, 4.69) is 282 Å². The Kier molecular flexibility index (Phi) is 8.89. The van der Waals surface area contributed by atoms with E-state index in [9.17, 15) is 0 Å². The van der Waals surface area contributed by atoms with E-state index in [1.54, 1.807) is 0 Å². The van der Waals surface area contributed by atoms with Gasteiger partial charge in [0.1, 0.15) is 0 Å². The number of fused-ring (bicyclic) bond motifs is 7. The van der Waals surface area contributed by atoms with Crippen LogP contribution in [0.4, 0.5) is 34.1 Å². The fraction of sp³-hybridized carbons (Fsp3) is 0.167. The third kappa shape index (κ3) is 5.93. The Hall–Kier alpha value is -8.40. The maximum atomic E-state index is 2.65. The molecule has 362 valence electrons. The summed E-state index contributed by atoms with van der Waals surface area (Å²) in [6.07, 6.45) is 0. The lowest BCUT2D eigenvalue weighted by Gasteiger charge is -2.42. The Morgan fingerprint density at radius 1 is 0.267 bits per heavy atom. The number of hydrogen-bond donors (Lipinski definition) is 0. The molecule has 0 saturated heterocycles. The summed E-state index contributed by atoms with van der Waals surface area (Å²) in [5.41, 5.74) is 28.9. The average Bonchev–Trinajstić information content (AvgIpc) is 4.03. The van der Waals surface area contributed by atoms with Crippen molar-refractivity contribution >= 4 is 55.9 Å². The van der Waals surface area contributed by atoms with Crippen LogP contribution in [-0.2, 0) is 21.7 Å². The van der Waals surface area contributed by atoms with Crippen molar-refractivity contribution in [2.45, 2.75) is 77.0 Å². The molecule has 0 saturated carbocycles. The van der Waals surface area contributed by atoms with Crippen LogP contribution in [0.5, 0.6) is 0 Å². The number of benzene rings is 10. The standard InChI is InChI=1S/C72H59N3/c1-69(2)58-26-17-15-24-52(58)54-36-34-49(41-62(54)69)74(50-35-37-55-53-25-16-18-27-59(53)70(3,4)63(55)42-50)48-32-30-44(31-33-48)45-38-56-57-40-51(73(46-20-11-9-12-21-46)47-22-13-10-14-23-47)43-65-67(57)75-66(56)64(39-45)71(5,6)60-28-19-29-61(68(60)75)72(65,7)8/h9-43H,1-8H3. The maximum absolute atomic E-state index is 2.65. The van der Waals surface area contributed by atoms with Gasteiger partial charge in [0.2, 0.25) is 0 Å². The second-order valence-electron chi connectivity index (χ2n) is 23.8. The van der Waals surface area contributed by atoms with Crippen LogP contribution in [0.25, 0.3) is 60.9 Å². The van der Waals surface area contributed by atoms with E-state index in [-0.39, 0.29) is 21.7 Å². The Balaban J connectivity index is 0.928. The molecule has 0 spiro atoms. The Morgan fingerprint density at radius 3 is 1.19 bits per heavy atom. The van der Waals surface area contributed by atoms with Crippen LogP contribution >= 0.6 is 0 Å². The predicted molar refractivity (Wildman–Crippen MR) is 315 cm³/mol. The molecule has 1 aromatic heterocycles. The van der Waals surface area contributed by atoms with E-state index in [1.165, 1.54) is 105 Å². The summed E-state index contributed by atoms with van der Waals surface area (Å²) in [6.45, 7) is 19.3. The number of rotatable bonds is 7. The van der Waals surface area contributed by atoms with Crippen molar-refractivity contribution in [2.75, 3.05) is 9.80 Å². The summed E-state index contributed by atoms with van der Waals surface area (Å²) in [4.78, 5) is 4.92. The molecule has 0 amide bonds. The summed E-state index contributed by atoms with van der Waals surface area (Å²) < 4.78 is 2.65. The lowest BCUT2D eigenvalue weighted by molar-refractivity contribution is 0.594. The van der Waals surface area contributed by atoms with Gasteiger partial charge in [-0.3, -0.25) is 0 Å². The summed E-state index contributed by atoms with van der Waals surface area (Å²) >= 11 is 0. The van der Waals surface area contributed by atoms with Gasteiger partial charge in [0, 0.05) is 66.6 Å². The molecule has 11 aromatic rings. The van der Waals surface area contributed by atoms with Crippen molar-refractivity contribution in [3.05, 3.63) is 257 Å². The molecule has 0 unspecified atom stereocenters. The van der Waals surface area contributed by atoms with E-state index in [4.69, 9.17) is 0 Å². The van der Waals surface area contributed by atoms with Gasteiger partial charge in [0.05, 0.1) is 16.7 Å². The molecule has 0 atom stereocenters. The number of para-hydroxylation sites is 3. The van der Waals surface area contributed by atoms with Crippen LogP contribution in [0.15, 0.2) is 212 Å². The molecule has 3 heteroatoms. The molecule has 0 N–H and O–H groups in total.